The number of halogens is 1. The van der Waals surface area contributed by atoms with Crippen molar-refractivity contribution in [2.45, 2.75) is 25.4 Å². The first kappa shape index (κ1) is 17.1. The summed E-state index contributed by atoms with van der Waals surface area (Å²) in [7, 11) is 0. The Morgan fingerprint density at radius 2 is 1.81 bits per heavy atom. The molecule has 2 atom stereocenters. The molecule has 112 valence electrons. The number of nitrogens with zero attached hydrogens (tertiary/aromatic N) is 1. The van der Waals surface area contributed by atoms with Gasteiger partial charge in [0.05, 0.1) is 6.04 Å². The number of quaternary nitrogens is 1. The molecule has 0 saturated carbocycles. The molecule has 2 rings (SSSR count). The number of aromatic nitrogens is 1. The summed E-state index contributed by atoms with van der Waals surface area (Å²) >= 11 is 0. The van der Waals surface area contributed by atoms with Gasteiger partial charge in [-0.25, -0.2) is 0 Å². The van der Waals surface area contributed by atoms with Crippen molar-refractivity contribution in [3.63, 3.8) is 0 Å². The second-order valence-electron chi connectivity index (χ2n) is 4.90. The highest BCUT2D eigenvalue weighted by molar-refractivity contribution is 5.80. The standard InChI is InChI=1S/C16H19N3O.ClH/c1-12(14-5-3-2-4-6-14)19-16(20)15(17)11-13-7-9-18-10-8-13;/h2-10,12,15H,11,17H2,1H3,(H,19,20);1H/t12-,15-;/m0./s1. The van der Waals surface area contributed by atoms with E-state index in [0.717, 1.165) is 11.1 Å². The first-order valence-corrected chi connectivity index (χ1v) is 6.74. The van der Waals surface area contributed by atoms with Crippen molar-refractivity contribution in [2.24, 2.45) is 0 Å². The van der Waals surface area contributed by atoms with Crippen LogP contribution in [0.1, 0.15) is 24.1 Å². The van der Waals surface area contributed by atoms with Gasteiger partial charge in [0.2, 0.25) is 0 Å². The molecule has 0 radical (unpaired) electrons. The van der Waals surface area contributed by atoms with E-state index in [1.54, 1.807) is 12.4 Å². The molecule has 1 amide bonds. The minimum absolute atomic E-state index is 0. The summed E-state index contributed by atoms with van der Waals surface area (Å²) in [5.41, 5.74) is 6.11. The zero-order valence-electron chi connectivity index (χ0n) is 12.0. The number of rotatable bonds is 5. The minimum atomic E-state index is -0.302. The summed E-state index contributed by atoms with van der Waals surface area (Å²) in [6.07, 6.45) is 4.08. The van der Waals surface area contributed by atoms with E-state index in [0.29, 0.717) is 6.42 Å². The number of amides is 1. The number of hydrogen-bond donors (Lipinski definition) is 2. The lowest BCUT2D eigenvalue weighted by Crippen LogP contribution is -3.00. The van der Waals surface area contributed by atoms with Crippen LogP contribution in [0.25, 0.3) is 0 Å². The molecule has 4 nitrogen and oxygen atoms in total. The van der Waals surface area contributed by atoms with Gasteiger partial charge in [0.25, 0.3) is 5.91 Å². The third-order valence-corrected chi connectivity index (χ3v) is 3.26. The Kier molecular flexibility index (Phi) is 6.85. The monoisotopic (exact) mass is 305 g/mol. The molecule has 0 aliphatic heterocycles. The fourth-order valence-corrected chi connectivity index (χ4v) is 2.05. The van der Waals surface area contributed by atoms with E-state index in [9.17, 15) is 4.79 Å². The highest BCUT2D eigenvalue weighted by Gasteiger charge is 2.19. The van der Waals surface area contributed by atoms with Crippen LogP contribution in [0.2, 0.25) is 0 Å². The zero-order valence-corrected chi connectivity index (χ0v) is 12.8. The quantitative estimate of drug-likeness (QED) is 0.679. The van der Waals surface area contributed by atoms with Crippen LogP contribution < -0.4 is 23.5 Å². The maximum absolute atomic E-state index is 12.1. The number of hydrogen-bond acceptors (Lipinski definition) is 2. The molecule has 0 saturated heterocycles. The van der Waals surface area contributed by atoms with Crippen molar-refractivity contribution in [2.75, 3.05) is 0 Å². The molecule has 0 unspecified atom stereocenters. The van der Waals surface area contributed by atoms with Crippen LogP contribution in [-0.4, -0.2) is 16.9 Å². The highest BCUT2D eigenvalue weighted by atomic mass is 35.5. The highest BCUT2D eigenvalue weighted by Crippen LogP contribution is 2.11. The SMILES string of the molecule is C[C@H](NC(=O)[C@@H]([NH3+])Cc1ccncc1)c1ccccc1.[Cl-]. The average molecular weight is 306 g/mol. The largest absolute Gasteiger partial charge is 1.00 e. The molecule has 1 aromatic heterocycles. The fraction of sp³-hybridized carbons (Fsp3) is 0.250. The minimum Gasteiger partial charge on any atom is -1.00 e. The summed E-state index contributed by atoms with van der Waals surface area (Å²) in [6.45, 7) is 1.98. The van der Waals surface area contributed by atoms with Gasteiger partial charge in [0.15, 0.2) is 6.04 Å². The topological polar surface area (TPSA) is 69.6 Å². The smallest absolute Gasteiger partial charge is 0.278 e. The lowest BCUT2D eigenvalue weighted by molar-refractivity contribution is -0.403. The normalized spacial score (nSPS) is 12.9. The number of carbonyl (C=O) groups is 1. The Hall–Kier alpha value is -1.91. The number of pyridine rings is 1. The molecule has 1 heterocycles. The van der Waals surface area contributed by atoms with Crippen molar-refractivity contribution >= 4 is 5.91 Å². The second kappa shape index (κ2) is 8.39. The fourth-order valence-electron chi connectivity index (χ4n) is 2.05. The van der Waals surface area contributed by atoms with E-state index >= 15 is 0 Å². The summed E-state index contributed by atoms with van der Waals surface area (Å²) < 4.78 is 0. The van der Waals surface area contributed by atoms with Gasteiger partial charge in [-0.05, 0) is 30.2 Å². The molecule has 4 N–H and O–H groups in total. The molecule has 5 heteroatoms. The van der Waals surface area contributed by atoms with Gasteiger partial charge in [-0.2, -0.15) is 0 Å². The number of carbonyl (C=O) groups excluding carboxylic acids is 1. The van der Waals surface area contributed by atoms with Gasteiger partial charge in [-0.3, -0.25) is 9.78 Å². The van der Waals surface area contributed by atoms with Crippen molar-refractivity contribution in [3.05, 3.63) is 66.0 Å². The van der Waals surface area contributed by atoms with E-state index < -0.39 is 0 Å². The Morgan fingerprint density at radius 3 is 2.43 bits per heavy atom. The zero-order chi connectivity index (χ0) is 14.4. The van der Waals surface area contributed by atoms with Crippen molar-refractivity contribution in [1.29, 1.82) is 0 Å². The van der Waals surface area contributed by atoms with E-state index in [1.165, 1.54) is 0 Å². The van der Waals surface area contributed by atoms with Gasteiger partial charge in [0, 0.05) is 18.8 Å². The molecule has 0 aliphatic carbocycles. The first-order chi connectivity index (χ1) is 9.66. The lowest BCUT2D eigenvalue weighted by Gasteiger charge is -2.16. The van der Waals surface area contributed by atoms with Crippen LogP contribution in [0, 0.1) is 0 Å². The number of benzene rings is 1. The predicted molar refractivity (Wildman–Crippen MR) is 77.6 cm³/mol. The molecule has 0 spiro atoms. The van der Waals surface area contributed by atoms with E-state index in [2.05, 4.69) is 16.0 Å². The molecule has 21 heavy (non-hydrogen) atoms. The second-order valence-corrected chi connectivity index (χ2v) is 4.90. The first-order valence-electron chi connectivity index (χ1n) is 6.74. The lowest BCUT2D eigenvalue weighted by atomic mass is 10.1. The molecular weight excluding hydrogens is 286 g/mol. The Bertz CT molecular complexity index is 548. The van der Waals surface area contributed by atoms with Crippen LogP contribution in [0.5, 0.6) is 0 Å². The molecule has 0 fully saturated rings. The van der Waals surface area contributed by atoms with Crippen molar-refractivity contribution < 1.29 is 22.9 Å². The van der Waals surface area contributed by atoms with E-state index in [-0.39, 0.29) is 30.4 Å². The molecule has 2 aromatic rings. The average Bonchev–Trinajstić information content (AvgIpc) is 2.49. The maximum Gasteiger partial charge on any atom is 0.278 e. The number of nitrogens with one attached hydrogen (secondary N) is 1. The Labute approximate surface area is 131 Å². The van der Waals surface area contributed by atoms with Gasteiger partial charge >= 0.3 is 0 Å². The molecule has 1 aromatic carbocycles. The molecule has 0 aliphatic rings. The summed E-state index contributed by atoms with van der Waals surface area (Å²) in [4.78, 5) is 16.1. The van der Waals surface area contributed by atoms with E-state index in [4.69, 9.17) is 0 Å². The maximum atomic E-state index is 12.1. The third-order valence-electron chi connectivity index (χ3n) is 3.26. The molecular formula is C16H20ClN3O. The van der Waals surface area contributed by atoms with Crippen LogP contribution in [0.4, 0.5) is 0 Å². The van der Waals surface area contributed by atoms with Gasteiger partial charge < -0.3 is 23.5 Å². The van der Waals surface area contributed by atoms with Crippen LogP contribution >= 0.6 is 0 Å². The van der Waals surface area contributed by atoms with Crippen molar-refractivity contribution in [3.8, 4) is 0 Å². The van der Waals surface area contributed by atoms with Gasteiger partial charge in [-0.1, -0.05) is 30.3 Å². The van der Waals surface area contributed by atoms with Crippen LogP contribution in [0.15, 0.2) is 54.9 Å². The van der Waals surface area contributed by atoms with E-state index in [1.807, 2.05) is 49.4 Å². The third kappa shape index (κ3) is 5.17. The molecule has 0 bridgehead atoms. The van der Waals surface area contributed by atoms with Crippen LogP contribution in [-0.2, 0) is 11.2 Å². The van der Waals surface area contributed by atoms with Crippen LogP contribution in [0.3, 0.4) is 0 Å². The van der Waals surface area contributed by atoms with Gasteiger partial charge in [0.1, 0.15) is 0 Å². The summed E-state index contributed by atoms with van der Waals surface area (Å²) in [6, 6.07) is 13.4. The van der Waals surface area contributed by atoms with Gasteiger partial charge in [-0.15, -0.1) is 0 Å². The summed E-state index contributed by atoms with van der Waals surface area (Å²) in [5, 5.41) is 3.00. The van der Waals surface area contributed by atoms with Crippen molar-refractivity contribution in [1.82, 2.24) is 10.3 Å². The predicted octanol–water partition coefficient (Wildman–Crippen LogP) is -1.88. The Balaban J connectivity index is 0.00000220. The summed E-state index contributed by atoms with van der Waals surface area (Å²) in [5.74, 6) is -0.0295. The Morgan fingerprint density at radius 1 is 1.19 bits per heavy atom.